The molecule has 0 aliphatic carbocycles. The highest BCUT2D eigenvalue weighted by molar-refractivity contribution is 5.94. The minimum atomic E-state index is -0.0247. The molecule has 2 aliphatic rings. The molecule has 0 bridgehead atoms. The predicted octanol–water partition coefficient (Wildman–Crippen LogP) is 1.63. The first-order valence-corrected chi connectivity index (χ1v) is 9.41. The SMILES string of the molecule is CC(C)CN1CCC(CNC(=O)c2ccc(N3CCOCC3)nc2)C1. The fraction of sp³-hybridized carbons (Fsp3) is 0.684. The number of nitrogens with zero attached hydrogens (tertiary/aromatic N) is 3. The van der Waals surface area contributed by atoms with Gasteiger partial charge in [0.1, 0.15) is 5.82 Å². The van der Waals surface area contributed by atoms with Gasteiger partial charge in [-0.25, -0.2) is 4.98 Å². The molecule has 6 heteroatoms. The number of nitrogens with one attached hydrogen (secondary N) is 1. The first-order valence-electron chi connectivity index (χ1n) is 9.41. The van der Waals surface area contributed by atoms with Crippen molar-refractivity contribution in [2.75, 3.05) is 57.4 Å². The Kier molecular flexibility index (Phi) is 6.26. The van der Waals surface area contributed by atoms with Gasteiger partial charge < -0.3 is 19.9 Å². The fourth-order valence-electron chi connectivity index (χ4n) is 3.60. The number of pyridine rings is 1. The van der Waals surface area contributed by atoms with Crippen LogP contribution in [-0.2, 0) is 4.74 Å². The van der Waals surface area contributed by atoms with Crippen LogP contribution in [0.4, 0.5) is 5.82 Å². The van der Waals surface area contributed by atoms with E-state index >= 15 is 0 Å². The van der Waals surface area contributed by atoms with Crippen molar-refractivity contribution in [3.63, 3.8) is 0 Å². The predicted molar refractivity (Wildman–Crippen MR) is 99.0 cm³/mol. The molecule has 0 aromatic carbocycles. The number of ether oxygens (including phenoxy) is 1. The molecule has 0 radical (unpaired) electrons. The highest BCUT2D eigenvalue weighted by Crippen LogP contribution is 2.17. The summed E-state index contributed by atoms with van der Waals surface area (Å²) in [6, 6.07) is 3.80. The fourth-order valence-corrected chi connectivity index (χ4v) is 3.60. The number of carbonyl (C=O) groups is 1. The van der Waals surface area contributed by atoms with Gasteiger partial charge in [0.2, 0.25) is 0 Å². The molecular weight excluding hydrogens is 316 g/mol. The van der Waals surface area contributed by atoms with Crippen LogP contribution in [0.5, 0.6) is 0 Å². The van der Waals surface area contributed by atoms with Crippen LogP contribution in [0.2, 0.25) is 0 Å². The molecule has 138 valence electrons. The van der Waals surface area contributed by atoms with Gasteiger partial charge in [0.25, 0.3) is 5.91 Å². The van der Waals surface area contributed by atoms with Crippen molar-refractivity contribution >= 4 is 11.7 Å². The summed E-state index contributed by atoms with van der Waals surface area (Å²) >= 11 is 0. The molecule has 1 amide bonds. The number of carbonyl (C=O) groups excluding carboxylic acids is 1. The van der Waals surface area contributed by atoms with Crippen molar-refractivity contribution < 1.29 is 9.53 Å². The summed E-state index contributed by atoms with van der Waals surface area (Å²) in [5.41, 5.74) is 0.633. The van der Waals surface area contributed by atoms with Crippen LogP contribution < -0.4 is 10.2 Å². The van der Waals surface area contributed by atoms with Crippen LogP contribution in [0.3, 0.4) is 0 Å². The second kappa shape index (κ2) is 8.63. The molecule has 1 aromatic heterocycles. The third-order valence-electron chi connectivity index (χ3n) is 4.89. The number of anilines is 1. The molecule has 0 saturated carbocycles. The third kappa shape index (κ3) is 5.16. The van der Waals surface area contributed by atoms with Crippen LogP contribution >= 0.6 is 0 Å². The molecule has 3 heterocycles. The van der Waals surface area contributed by atoms with Crippen LogP contribution in [0.1, 0.15) is 30.6 Å². The third-order valence-corrected chi connectivity index (χ3v) is 4.89. The van der Waals surface area contributed by atoms with Gasteiger partial charge in [-0.05, 0) is 36.9 Å². The smallest absolute Gasteiger partial charge is 0.252 e. The van der Waals surface area contributed by atoms with Gasteiger partial charge in [0.05, 0.1) is 18.8 Å². The Morgan fingerprint density at radius 2 is 2.12 bits per heavy atom. The van der Waals surface area contributed by atoms with Crippen LogP contribution in [0.25, 0.3) is 0 Å². The monoisotopic (exact) mass is 346 g/mol. The first kappa shape index (κ1) is 18.1. The topological polar surface area (TPSA) is 57.7 Å². The van der Waals surface area contributed by atoms with Gasteiger partial charge in [-0.15, -0.1) is 0 Å². The van der Waals surface area contributed by atoms with E-state index in [2.05, 4.69) is 33.9 Å². The van der Waals surface area contributed by atoms with Gasteiger partial charge in [-0.1, -0.05) is 13.8 Å². The number of hydrogen-bond acceptors (Lipinski definition) is 5. The second-order valence-electron chi connectivity index (χ2n) is 7.52. The molecule has 2 saturated heterocycles. The lowest BCUT2D eigenvalue weighted by Crippen LogP contribution is -2.36. The van der Waals surface area contributed by atoms with Crippen molar-refractivity contribution in [1.29, 1.82) is 0 Å². The summed E-state index contributed by atoms with van der Waals surface area (Å²) in [6.07, 6.45) is 2.85. The van der Waals surface area contributed by atoms with E-state index in [9.17, 15) is 4.79 Å². The number of amides is 1. The van der Waals surface area contributed by atoms with E-state index < -0.39 is 0 Å². The quantitative estimate of drug-likeness (QED) is 0.848. The Morgan fingerprint density at radius 1 is 1.32 bits per heavy atom. The maximum Gasteiger partial charge on any atom is 0.252 e. The standard InChI is InChI=1S/C19H30N4O2/c1-15(2)13-22-6-5-16(14-22)11-21-19(24)17-3-4-18(20-12-17)23-7-9-25-10-8-23/h3-4,12,15-16H,5-11,13-14H2,1-2H3,(H,21,24). The van der Waals surface area contributed by atoms with Gasteiger partial charge in [0, 0.05) is 38.9 Å². The summed E-state index contributed by atoms with van der Waals surface area (Å²) in [7, 11) is 0. The molecule has 1 N–H and O–H groups in total. The van der Waals surface area contributed by atoms with Crippen molar-refractivity contribution in [1.82, 2.24) is 15.2 Å². The van der Waals surface area contributed by atoms with Gasteiger partial charge in [-0.2, -0.15) is 0 Å². The van der Waals surface area contributed by atoms with Crippen molar-refractivity contribution in [3.8, 4) is 0 Å². The molecule has 25 heavy (non-hydrogen) atoms. The van der Waals surface area contributed by atoms with Crippen molar-refractivity contribution in [2.45, 2.75) is 20.3 Å². The highest BCUT2D eigenvalue weighted by atomic mass is 16.5. The van der Waals surface area contributed by atoms with E-state index in [1.54, 1.807) is 6.20 Å². The first-order chi connectivity index (χ1) is 12.1. The zero-order chi connectivity index (χ0) is 17.6. The van der Waals surface area contributed by atoms with E-state index in [4.69, 9.17) is 4.74 Å². The van der Waals surface area contributed by atoms with E-state index in [1.165, 1.54) is 6.42 Å². The number of hydrogen-bond donors (Lipinski definition) is 1. The Hall–Kier alpha value is -1.66. The van der Waals surface area contributed by atoms with Crippen LogP contribution in [0, 0.1) is 11.8 Å². The van der Waals surface area contributed by atoms with E-state index in [0.717, 1.165) is 58.3 Å². The van der Waals surface area contributed by atoms with Gasteiger partial charge >= 0.3 is 0 Å². The highest BCUT2D eigenvalue weighted by Gasteiger charge is 2.23. The number of likely N-dealkylation sites (tertiary alicyclic amines) is 1. The molecule has 3 rings (SSSR count). The molecular formula is C19H30N4O2. The number of aromatic nitrogens is 1. The number of morpholine rings is 1. The van der Waals surface area contributed by atoms with Gasteiger partial charge in [-0.3, -0.25) is 4.79 Å². The van der Waals surface area contributed by atoms with Gasteiger partial charge in [0.15, 0.2) is 0 Å². The molecule has 1 unspecified atom stereocenters. The molecule has 0 spiro atoms. The lowest BCUT2D eigenvalue weighted by Gasteiger charge is -2.27. The minimum Gasteiger partial charge on any atom is -0.378 e. The Balaban J connectivity index is 1.45. The Morgan fingerprint density at radius 3 is 2.80 bits per heavy atom. The summed E-state index contributed by atoms with van der Waals surface area (Å²) in [4.78, 5) is 21.5. The molecule has 2 aliphatic heterocycles. The van der Waals surface area contributed by atoms with E-state index in [-0.39, 0.29) is 5.91 Å². The molecule has 6 nitrogen and oxygen atoms in total. The van der Waals surface area contributed by atoms with Crippen molar-refractivity contribution in [3.05, 3.63) is 23.9 Å². The largest absolute Gasteiger partial charge is 0.378 e. The lowest BCUT2D eigenvalue weighted by atomic mass is 10.1. The molecule has 1 atom stereocenters. The maximum atomic E-state index is 12.3. The lowest BCUT2D eigenvalue weighted by molar-refractivity contribution is 0.0946. The summed E-state index contributed by atoms with van der Waals surface area (Å²) in [6.45, 7) is 11.8. The minimum absolute atomic E-state index is 0.0247. The Bertz CT molecular complexity index is 555. The average Bonchev–Trinajstić information content (AvgIpc) is 3.07. The molecule has 1 aromatic rings. The van der Waals surface area contributed by atoms with E-state index in [1.807, 2.05) is 12.1 Å². The number of rotatable bonds is 6. The zero-order valence-electron chi connectivity index (χ0n) is 15.4. The normalized spacial score (nSPS) is 21.7. The second-order valence-corrected chi connectivity index (χ2v) is 7.52. The Labute approximate surface area is 150 Å². The maximum absolute atomic E-state index is 12.3. The van der Waals surface area contributed by atoms with E-state index in [0.29, 0.717) is 17.4 Å². The van der Waals surface area contributed by atoms with Crippen LogP contribution in [-0.4, -0.2) is 68.3 Å². The van der Waals surface area contributed by atoms with Crippen LogP contribution in [0.15, 0.2) is 18.3 Å². The summed E-state index contributed by atoms with van der Waals surface area (Å²) < 4.78 is 5.36. The molecule has 2 fully saturated rings. The zero-order valence-corrected chi connectivity index (χ0v) is 15.4. The van der Waals surface area contributed by atoms with Crippen molar-refractivity contribution in [2.24, 2.45) is 11.8 Å². The summed E-state index contributed by atoms with van der Waals surface area (Å²) in [5, 5.41) is 3.07. The average molecular weight is 346 g/mol. The summed E-state index contributed by atoms with van der Waals surface area (Å²) in [5.74, 6) is 2.15.